The highest BCUT2D eigenvalue weighted by Crippen LogP contribution is 2.35. The molecule has 2 heterocycles. The zero-order valence-corrected chi connectivity index (χ0v) is 11.5. The van der Waals surface area contributed by atoms with Crippen molar-refractivity contribution in [2.24, 2.45) is 0 Å². The number of hydrogen-bond acceptors (Lipinski definition) is 2. The van der Waals surface area contributed by atoms with E-state index in [1.54, 1.807) is 0 Å². The molecule has 1 aromatic heterocycles. The Bertz CT molecular complexity index is 704. The standard InChI is InChI=1S/C18H18N2/c1-4-11-20(12-5-1)18-16-9-3-2-7-14(16)13-15-8-6-10-19-17(15)18/h2-3,6-10,13H,1,4-5,11-12H2. The molecule has 1 fully saturated rings. The topological polar surface area (TPSA) is 16.1 Å². The molecule has 1 saturated heterocycles. The van der Waals surface area contributed by atoms with Crippen molar-refractivity contribution < 1.29 is 0 Å². The molecule has 0 spiro atoms. The van der Waals surface area contributed by atoms with Gasteiger partial charge in [-0.2, -0.15) is 0 Å². The lowest BCUT2D eigenvalue weighted by Gasteiger charge is -2.30. The minimum absolute atomic E-state index is 1.15. The van der Waals surface area contributed by atoms with E-state index in [9.17, 15) is 0 Å². The van der Waals surface area contributed by atoms with Crippen LogP contribution in [-0.2, 0) is 0 Å². The van der Waals surface area contributed by atoms with Crippen LogP contribution in [0.4, 0.5) is 5.69 Å². The minimum atomic E-state index is 1.15. The van der Waals surface area contributed by atoms with E-state index in [1.165, 1.54) is 41.1 Å². The summed E-state index contributed by atoms with van der Waals surface area (Å²) in [6.07, 6.45) is 5.84. The predicted octanol–water partition coefficient (Wildman–Crippen LogP) is 4.38. The molecule has 0 aliphatic carbocycles. The van der Waals surface area contributed by atoms with E-state index in [4.69, 9.17) is 0 Å². The second-order valence-electron chi connectivity index (χ2n) is 5.57. The maximum Gasteiger partial charge on any atom is 0.0941 e. The Labute approximate surface area is 119 Å². The van der Waals surface area contributed by atoms with Gasteiger partial charge in [0.2, 0.25) is 0 Å². The Morgan fingerprint density at radius 3 is 2.55 bits per heavy atom. The fraction of sp³-hybridized carbons (Fsp3) is 0.278. The number of piperidine rings is 1. The fourth-order valence-corrected chi connectivity index (χ4v) is 3.30. The zero-order valence-electron chi connectivity index (χ0n) is 11.5. The van der Waals surface area contributed by atoms with Crippen molar-refractivity contribution in [1.82, 2.24) is 4.98 Å². The molecule has 2 aromatic carbocycles. The Morgan fingerprint density at radius 1 is 0.850 bits per heavy atom. The molecule has 1 aliphatic rings. The Balaban J connectivity index is 2.06. The predicted molar refractivity (Wildman–Crippen MR) is 85.3 cm³/mol. The van der Waals surface area contributed by atoms with Crippen molar-refractivity contribution >= 4 is 27.4 Å². The van der Waals surface area contributed by atoms with E-state index < -0.39 is 0 Å². The van der Waals surface area contributed by atoms with E-state index in [0.717, 1.165) is 18.6 Å². The largest absolute Gasteiger partial charge is 0.369 e. The lowest BCUT2D eigenvalue weighted by Crippen LogP contribution is -2.29. The van der Waals surface area contributed by atoms with Crippen LogP contribution in [0.25, 0.3) is 21.7 Å². The highest BCUT2D eigenvalue weighted by atomic mass is 15.1. The first kappa shape index (κ1) is 11.7. The number of hydrogen-bond donors (Lipinski definition) is 0. The van der Waals surface area contributed by atoms with Crippen molar-refractivity contribution in [3.05, 3.63) is 48.7 Å². The van der Waals surface area contributed by atoms with E-state index in [-0.39, 0.29) is 0 Å². The van der Waals surface area contributed by atoms with E-state index in [0.29, 0.717) is 0 Å². The number of nitrogens with zero attached hydrogens (tertiary/aromatic N) is 2. The summed E-state index contributed by atoms with van der Waals surface area (Å²) in [4.78, 5) is 7.19. The number of pyridine rings is 1. The van der Waals surface area contributed by atoms with Gasteiger partial charge in [-0.25, -0.2) is 0 Å². The Kier molecular flexibility index (Phi) is 2.80. The molecule has 0 unspecified atom stereocenters. The van der Waals surface area contributed by atoms with E-state index in [2.05, 4.69) is 46.3 Å². The van der Waals surface area contributed by atoms with Crippen molar-refractivity contribution in [3.63, 3.8) is 0 Å². The van der Waals surface area contributed by atoms with Crippen LogP contribution in [0.2, 0.25) is 0 Å². The molecule has 1 aliphatic heterocycles. The molecule has 2 nitrogen and oxygen atoms in total. The van der Waals surface area contributed by atoms with Gasteiger partial charge >= 0.3 is 0 Å². The summed E-state index contributed by atoms with van der Waals surface area (Å²) < 4.78 is 0. The molecular weight excluding hydrogens is 244 g/mol. The molecule has 0 amide bonds. The second kappa shape index (κ2) is 4.78. The summed E-state index contributed by atoms with van der Waals surface area (Å²) in [5, 5.41) is 3.89. The molecule has 0 atom stereocenters. The average molecular weight is 262 g/mol. The van der Waals surface area contributed by atoms with Crippen LogP contribution in [0.15, 0.2) is 48.7 Å². The molecule has 100 valence electrons. The monoisotopic (exact) mass is 262 g/mol. The van der Waals surface area contributed by atoms with Crippen LogP contribution in [0.3, 0.4) is 0 Å². The number of fused-ring (bicyclic) bond motifs is 2. The fourth-order valence-electron chi connectivity index (χ4n) is 3.30. The quantitative estimate of drug-likeness (QED) is 0.605. The summed E-state index contributed by atoms with van der Waals surface area (Å²) >= 11 is 0. The van der Waals surface area contributed by atoms with Crippen LogP contribution in [-0.4, -0.2) is 18.1 Å². The number of rotatable bonds is 1. The number of anilines is 1. The van der Waals surface area contributed by atoms with Gasteiger partial charge in [0.1, 0.15) is 0 Å². The van der Waals surface area contributed by atoms with Gasteiger partial charge in [0, 0.05) is 30.1 Å². The second-order valence-corrected chi connectivity index (χ2v) is 5.57. The molecule has 0 saturated carbocycles. The zero-order chi connectivity index (χ0) is 13.4. The summed E-state index contributed by atoms with van der Waals surface area (Å²) in [5.41, 5.74) is 2.48. The number of aromatic nitrogens is 1. The molecule has 20 heavy (non-hydrogen) atoms. The molecule has 3 aromatic rings. The SMILES string of the molecule is c1ccc2c(N3CCCCC3)c3ncccc3cc2c1. The summed E-state index contributed by atoms with van der Waals surface area (Å²) in [7, 11) is 0. The highest BCUT2D eigenvalue weighted by Gasteiger charge is 2.17. The molecule has 4 rings (SSSR count). The molecule has 0 radical (unpaired) electrons. The molecule has 0 N–H and O–H groups in total. The van der Waals surface area contributed by atoms with Crippen LogP contribution in [0.5, 0.6) is 0 Å². The van der Waals surface area contributed by atoms with Crippen LogP contribution in [0.1, 0.15) is 19.3 Å². The van der Waals surface area contributed by atoms with Gasteiger partial charge in [0.25, 0.3) is 0 Å². The minimum Gasteiger partial charge on any atom is -0.369 e. The van der Waals surface area contributed by atoms with Crippen LogP contribution >= 0.6 is 0 Å². The highest BCUT2D eigenvalue weighted by molar-refractivity contribution is 6.09. The third-order valence-corrected chi connectivity index (χ3v) is 4.26. The lowest BCUT2D eigenvalue weighted by atomic mass is 10.0. The molecular formula is C18H18N2. The lowest BCUT2D eigenvalue weighted by molar-refractivity contribution is 0.580. The summed E-state index contributed by atoms with van der Waals surface area (Å²) in [6, 6.07) is 15.1. The smallest absolute Gasteiger partial charge is 0.0941 e. The Hall–Kier alpha value is -2.09. The third kappa shape index (κ3) is 1.83. The molecule has 2 heteroatoms. The van der Waals surface area contributed by atoms with Gasteiger partial charge < -0.3 is 4.90 Å². The number of benzene rings is 2. The van der Waals surface area contributed by atoms with Gasteiger partial charge in [-0.3, -0.25) is 4.98 Å². The van der Waals surface area contributed by atoms with Crippen molar-refractivity contribution in [2.75, 3.05) is 18.0 Å². The maximum atomic E-state index is 4.66. The van der Waals surface area contributed by atoms with Gasteiger partial charge in [0.05, 0.1) is 11.2 Å². The first-order valence-electron chi connectivity index (χ1n) is 7.45. The summed E-state index contributed by atoms with van der Waals surface area (Å²) in [6.45, 7) is 2.30. The van der Waals surface area contributed by atoms with Gasteiger partial charge in [-0.15, -0.1) is 0 Å². The van der Waals surface area contributed by atoms with Crippen molar-refractivity contribution in [2.45, 2.75) is 19.3 Å². The maximum absolute atomic E-state index is 4.66. The van der Waals surface area contributed by atoms with Crippen LogP contribution < -0.4 is 4.90 Å². The van der Waals surface area contributed by atoms with Gasteiger partial charge in [0.15, 0.2) is 0 Å². The van der Waals surface area contributed by atoms with E-state index >= 15 is 0 Å². The normalized spacial score (nSPS) is 15.9. The first-order chi connectivity index (χ1) is 9.93. The third-order valence-electron chi connectivity index (χ3n) is 4.26. The molecule has 0 bridgehead atoms. The van der Waals surface area contributed by atoms with Crippen molar-refractivity contribution in [3.8, 4) is 0 Å². The first-order valence-corrected chi connectivity index (χ1v) is 7.45. The van der Waals surface area contributed by atoms with Crippen molar-refractivity contribution in [1.29, 1.82) is 0 Å². The van der Waals surface area contributed by atoms with E-state index in [1.807, 2.05) is 12.3 Å². The summed E-state index contributed by atoms with van der Waals surface area (Å²) in [5.74, 6) is 0. The van der Waals surface area contributed by atoms with Gasteiger partial charge in [-0.1, -0.05) is 30.3 Å². The van der Waals surface area contributed by atoms with Crippen LogP contribution in [0, 0.1) is 0 Å². The van der Waals surface area contributed by atoms with Gasteiger partial charge in [-0.05, 0) is 36.8 Å². The Morgan fingerprint density at radius 2 is 1.65 bits per heavy atom. The average Bonchev–Trinajstić information content (AvgIpc) is 2.53.